The Morgan fingerprint density at radius 2 is 1.80 bits per heavy atom. The molecule has 1 aromatic carbocycles. The molecule has 0 radical (unpaired) electrons. The number of pyridine rings is 1. The van der Waals surface area contributed by atoms with Gasteiger partial charge < -0.3 is 10.4 Å². The minimum absolute atomic E-state index is 0.174. The molecule has 0 saturated heterocycles. The van der Waals surface area contributed by atoms with Crippen molar-refractivity contribution in [3.63, 3.8) is 0 Å². The van der Waals surface area contributed by atoms with Crippen LogP contribution in [-0.2, 0) is 4.79 Å². The van der Waals surface area contributed by atoms with Gasteiger partial charge >= 0.3 is 5.97 Å². The fourth-order valence-electron chi connectivity index (χ4n) is 1.67. The molecule has 1 heterocycles. The lowest BCUT2D eigenvalue weighted by atomic mass is 10.1. The highest BCUT2D eigenvalue weighted by molar-refractivity contribution is 5.95. The third-order valence-electron chi connectivity index (χ3n) is 2.60. The molecule has 2 rings (SSSR count). The van der Waals surface area contributed by atoms with Gasteiger partial charge in [-0.3, -0.25) is 4.79 Å². The fraction of sp³-hybridized carbons (Fsp3) is 0.0714. The molecule has 0 saturated carbocycles. The number of carbonyl (C=O) groups excluding carboxylic acids is 1. The van der Waals surface area contributed by atoms with Crippen LogP contribution in [0.5, 0.6) is 0 Å². The number of halogens is 1. The van der Waals surface area contributed by atoms with Gasteiger partial charge in [0.25, 0.3) is 5.91 Å². The summed E-state index contributed by atoms with van der Waals surface area (Å²) in [7, 11) is 0. The van der Waals surface area contributed by atoms with E-state index in [-0.39, 0.29) is 5.69 Å². The van der Waals surface area contributed by atoms with Crippen molar-refractivity contribution in [1.82, 2.24) is 10.3 Å². The summed E-state index contributed by atoms with van der Waals surface area (Å²) in [5.41, 5.74) is 0.247. The Bertz CT molecular complexity index is 631. The summed E-state index contributed by atoms with van der Waals surface area (Å²) in [6, 6.07) is 10.7. The van der Waals surface area contributed by atoms with Gasteiger partial charge in [0.15, 0.2) is 6.04 Å². The van der Waals surface area contributed by atoms with Gasteiger partial charge in [-0.05, 0) is 17.7 Å². The predicted octanol–water partition coefficient (Wildman–Crippen LogP) is 1.78. The van der Waals surface area contributed by atoms with Crippen LogP contribution >= 0.6 is 0 Å². The van der Waals surface area contributed by atoms with Crippen molar-refractivity contribution in [2.75, 3.05) is 0 Å². The molecular formula is C14H11FN2O3. The summed E-state index contributed by atoms with van der Waals surface area (Å²) in [5.74, 6) is -2.76. The first-order valence-corrected chi connectivity index (χ1v) is 5.79. The number of aliphatic carboxylic acids is 1. The normalized spacial score (nSPS) is 11.7. The number of amides is 1. The maximum Gasteiger partial charge on any atom is 0.330 e. The van der Waals surface area contributed by atoms with E-state index in [1.807, 2.05) is 0 Å². The lowest BCUT2D eigenvalue weighted by molar-refractivity contribution is -0.139. The van der Waals surface area contributed by atoms with Gasteiger partial charge in [-0.15, -0.1) is 0 Å². The predicted molar refractivity (Wildman–Crippen MR) is 68.5 cm³/mol. The van der Waals surface area contributed by atoms with Gasteiger partial charge in [-0.1, -0.05) is 36.4 Å². The Hall–Kier alpha value is -2.76. The van der Waals surface area contributed by atoms with Crippen molar-refractivity contribution in [1.29, 1.82) is 0 Å². The molecule has 0 spiro atoms. The molecule has 6 heteroatoms. The number of carbonyl (C=O) groups is 2. The number of carboxylic acid groups (broad SMARTS) is 1. The minimum atomic E-state index is -1.21. The van der Waals surface area contributed by atoms with E-state index < -0.39 is 23.9 Å². The van der Waals surface area contributed by atoms with Crippen LogP contribution in [0.4, 0.5) is 4.39 Å². The van der Waals surface area contributed by atoms with Gasteiger partial charge in [0.2, 0.25) is 5.95 Å². The Kier molecular flexibility index (Phi) is 4.05. The van der Waals surface area contributed by atoms with Crippen molar-refractivity contribution in [2.45, 2.75) is 6.04 Å². The highest BCUT2D eigenvalue weighted by Crippen LogP contribution is 2.13. The molecule has 0 bridgehead atoms. The van der Waals surface area contributed by atoms with E-state index in [9.17, 15) is 14.0 Å². The van der Waals surface area contributed by atoms with Crippen LogP contribution in [-0.4, -0.2) is 22.0 Å². The molecule has 2 N–H and O–H groups in total. The average molecular weight is 274 g/mol. The van der Waals surface area contributed by atoms with Crippen LogP contribution in [0.1, 0.15) is 22.1 Å². The Morgan fingerprint density at radius 1 is 1.10 bits per heavy atom. The second kappa shape index (κ2) is 5.92. The van der Waals surface area contributed by atoms with E-state index in [0.29, 0.717) is 5.56 Å². The molecule has 0 fully saturated rings. The zero-order chi connectivity index (χ0) is 14.5. The number of nitrogens with zero attached hydrogens (tertiary/aromatic N) is 1. The van der Waals surface area contributed by atoms with Gasteiger partial charge in [0.1, 0.15) is 5.69 Å². The summed E-state index contributed by atoms with van der Waals surface area (Å²) in [5, 5.41) is 11.5. The van der Waals surface area contributed by atoms with Crippen molar-refractivity contribution in [3.05, 3.63) is 65.7 Å². The third-order valence-corrected chi connectivity index (χ3v) is 2.60. The lowest BCUT2D eigenvalue weighted by Gasteiger charge is -2.14. The molecule has 102 valence electrons. The number of hydrogen-bond donors (Lipinski definition) is 2. The smallest absolute Gasteiger partial charge is 0.330 e. The van der Waals surface area contributed by atoms with E-state index >= 15 is 0 Å². The van der Waals surface area contributed by atoms with E-state index in [1.54, 1.807) is 30.3 Å². The quantitative estimate of drug-likeness (QED) is 0.833. The Morgan fingerprint density at radius 3 is 2.40 bits per heavy atom. The third kappa shape index (κ3) is 3.17. The first kappa shape index (κ1) is 13.7. The van der Waals surface area contributed by atoms with Gasteiger partial charge in [0, 0.05) is 0 Å². The molecule has 0 unspecified atom stereocenters. The molecule has 2 aromatic rings. The SMILES string of the molecule is O=C(N[C@@H](C(=O)O)c1ccccc1)c1cccc(F)n1. The molecule has 1 atom stereocenters. The number of nitrogens with one attached hydrogen (secondary N) is 1. The van der Waals surface area contributed by atoms with Crippen LogP contribution in [0, 0.1) is 5.95 Å². The number of carboxylic acids is 1. The largest absolute Gasteiger partial charge is 0.479 e. The number of rotatable bonds is 4. The molecule has 20 heavy (non-hydrogen) atoms. The summed E-state index contributed by atoms with van der Waals surface area (Å²) in [6.07, 6.45) is 0. The number of hydrogen-bond acceptors (Lipinski definition) is 3. The van der Waals surface area contributed by atoms with Crippen LogP contribution in [0.25, 0.3) is 0 Å². The zero-order valence-electron chi connectivity index (χ0n) is 10.3. The van der Waals surface area contributed by atoms with E-state index in [0.717, 1.165) is 6.07 Å². The summed E-state index contributed by atoms with van der Waals surface area (Å²) >= 11 is 0. The summed E-state index contributed by atoms with van der Waals surface area (Å²) < 4.78 is 12.9. The Labute approximate surface area is 114 Å². The molecular weight excluding hydrogens is 263 g/mol. The standard InChI is InChI=1S/C14H11FN2O3/c15-11-8-4-7-10(16-11)13(18)17-12(14(19)20)9-5-2-1-3-6-9/h1-8,12H,(H,17,18)(H,19,20)/t12-/m1/s1. The van der Waals surface area contributed by atoms with Crippen LogP contribution < -0.4 is 5.32 Å². The van der Waals surface area contributed by atoms with Gasteiger partial charge in [-0.25, -0.2) is 9.78 Å². The van der Waals surface area contributed by atoms with Crippen molar-refractivity contribution < 1.29 is 19.1 Å². The molecule has 5 nitrogen and oxygen atoms in total. The van der Waals surface area contributed by atoms with Crippen molar-refractivity contribution in [2.24, 2.45) is 0 Å². The number of aromatic nitrogens is 1. The van der Waals surface area contributed by atoms with E-state index in [1.165, 1.54) is 12.1 Å². The maximum atomic E-state index is 12.9. The highest BCUT2D eigenvalue weighted by Gasteiger charge is 2.23. The second-order valence-electron chi connectivity index (χ2n) is 4.00. The first-order valence-electron chi connectivity index (χ1n) is 5.79. The monoisotopic (exact) mass is 274 g/mol. The molecule has 0 aliphatic carbocycles. The van der Waals surface area contributed by atoms with Crippen molar-refractivity contribution >= 4 is 11.9 Å². The first-order chi connectivity index (χ1) is 9.58. The average Bonchev–Trinajstić information content (AvgIpc) is 2.45. The maximum absolute atomic E-state index is 12.9. The van der Waals surface area contributed by atoms with E-state index in [2.05, 4.69) is 10.3 Å². The van der Waals surface area contributed by atoms with Crippen LogP contribution in [0.15, 0.2) is 48.5 Å². The summed E-state index contributed by atoms with van der Waals surface area (Å²) in [6.45, 7) is 0. The molecule has 0 aliphatic rings. The number of benzene rings is 1. The highest BCUT2D eigenvalue weighted by atomic mass is 19.1. The molecule has 0 aliphatic heterocycles. The zero-order valence-corrected chi connectivity index (χ0v) is 10.3. The van der Waals surface area contributed by atoms with Gasteiger partial charge in [0.05, 0.1) is 0 Å². The molecule has 1 aromatic heterocycles. The topological polar surface area (TPSA) is 79.3 Å². The van der Waals surface area contributed by atoms with Crippen LogP contribution in [0.2, 0.25) is 0 Å². The van der Waals surface area contributed by atoms with Gasteiger partial charge in [-0.2, -0.15) is 4.39 Å². The minimum Gasteiger partial charge on any atom is -0.479 e. The Balaban J connectivity index is 2.21. The second-order valence-corrected chi connectivity index (χ2v) is 4.00. The molecule has 1 amide bonds. The van der Waals surface area contributed by atoms with Crippen molar-refractivity contribution in [3.8, 4) is 0 Å². The van der Waals surface area contributed by atoms with E-state index in [4.69, 9.17) is 5.11 Å². The fourth-order valence-corrected chi connectivity index (χ4v) is 1.67. The lowest BCUT2D eigenvalue weighted by Crippen LogP contribution is -2.34. The van der Waals surface area contributed by atoms with Crippen LogP contribution in [0.3, 0.4) is 0 Å². The summed E-state index contributed by atoms with van der Waals surface area (Å²) in [4.78, 5) is 26.5.